The van der Waals surface area contributed by atoms with Gasteiger partial charge in [-0.2, -0.15) is 4.68 Å². The van der Waals surface area contributed by atoms with E-state index in [4.69, 9.17) is 9.52 Å². The summed E-state index contributed by atoms with van der Waals surface area (Å²) in [5, 5.41) is 24.9. The van der Waals surface area contributed by atoms with E-state index in [-0.39, 0.29) is 5.37 Å². The molecule has 2 atom stereocenters. The van der Waals surface area contributed by atoms with Gasteiger partial charge in [-0.05, 0) is 46.5 Å². The first kappa shape index (κ1) is 16.2. The number of carbonyl (C=O) groups is 1. The Bertz CT molecular complexity index is 882. The molecule has 0 aliphatic carbocycles. The highest BCUT2D eigenvalue weighted by molar-refractivity contribution is 7.99. The molecule has 2 N–H and O–H groups in total. The minimum Gasteiger partial charge on any atom is -0.480 e. The molecule has 1 saturated heterocycles. The molecule has 3 aromatic rings. The summed E-state index contributed by atoms with van der Waals surface area (Å²) < 4.78 is 7.47. The van der Waals surface area contributed by atoms with Crippen LogP contribution in [0.5, 0.6) is 0 Å². The molecule has 25 heavy (non-hydrogen) atoms. The number of furan rings is 1. The van der Waals surface area contributed by atoms with Crippen LogP contribution in [0.15, 0.2) is 57.1 Å². The molecule has 128 valence electrons. The van der Waals surface area contributed by atoms with Crippen molar-refractivity contribution in [3.63, 3.8) is 0 Å². The normalized spacial score (nSPS) is 20.0. The smallest absolute Gasteiger partial charge is 0.321 e. The fourth-order valence-corrected chi connectivity index (χ4v) is 4.31. The van der Waals surface area contributed by atoms with Crippen molar-refractivity contribution in [2.24, 2.45) is 0 Å². The van der Waals surface area contributed by atoms with Gasteiger partial charge in [0.15, 0.2) is 5.09 Å². The van der Waals surface area contributed by atoms with E-state index >= 15 is 0 Å². The van der Waals surface area contributed by atoms with Crippen molar-refractivity contribution in [2.75, 3.05) is 5.75 Å². The lowest BCUT2D eigenvalue weighted by Crippen LogP contribution is -2.33. The predicted octanol–water partition coefficient (Wildman–Crippen LogP) is 2.19. The maximum absolute atomic E-state index is 11.0. The van der Waals surface area contributed by atoms with Crippen LogP contribution in [-0.4, -0.2) is 43.1 Å². The van der Waals surface area contributed by atoms with Crippen molar-refractivity contribution in [2.45, 2.75) is 21.7 Å². The van der Waals surface area contributed by atoms with E-state index in [9.17, 15) is 4.79 Å². The monoisotopic (exact) mass is 375 g/mol. The van der Waals surface area contributed by atoms with Gasteiger partial charge in [0, 0.05) is 5.75 Å². The van der Waals surface area contributed by atoms with Crippen LogP contribution in [0, 0.1) is 0 Å². The third-order valence-electron chi connectivity index (χ3n) is 3.57. The van der Waals surface area contributed by atoms with Gasteiger partial charge in [-0.3, -0.25) is 10.1 Å². The third kappa shape index (κ3) is 3.41. The number of hydrogen-bond acceptors (Lipinski definition) is 8. The van der Waals surface area contributed by atoms with E-state index in [1.807, 2.05) is 42.5 Å². The Morgan fingerprint density at radius 3 is 2.92 bits per heavy atom. The van der Waals surface area contributed by atoms with Crippen LogP contribution in [0.25, 0.3) is 5.69 Å². The van der Waals surface area contributed by atoms with Crippen LogP contribution in [0.4, 0.5) is 0 Å². The zero-order chi connectivity index (χ0) is 17.2. The van der Waals surface area contributed by atoms with Gasteiger partial charge in [-0.25, -0.2) is 0 Å². The summed E-state index contributed by atoms with van der Waals surface area (Å²) in [6.45, 7) is 0. The molecular formula is C15H13N5O3S2. The molecule has 3 heterocycles. The topological polar surface area (TPSA) is 106 Å². The van der Waals surface area contributed by atoms with Crippen molar-refractivity contribution in [3.8, 4) is 5.69 Å². The van der Waals surface area contributed by atoms with Crippen molar-refractivity contribution in [1.82, 2.24) is 25.5 Å². The number of nitrogens with one attached hydrogen (secondary N) is 1. The molecule has 2 aromatic heterocycles. The number of aromatic nitrogens is 4. The molecule has 0 saturated carbocycles. The first-order chi connectivity index (χ1) is 12.2. The quantitative estimate of drug-likeness (QED) is 0.694. The van der Waals surface area contributed by atoms with E-state index in [1.165, 1.54) is 23.5 Å². The largest absolute Gasteiger partial charge is 0.480 e. The number of nitrogens with zero attached hydrogens (tertiary/aromatic N) is 4. The molecule has 1 aromatic carbocycles. The molecule has 1 fully saturated rings. The second-order valence-electron chi connectivity index (χ2n) is 5.24. The van der Waals surface area contributed by atoms with Crippen LogP contribution in [-0.2, 0) is 4.79 Å². The average molecular weight is 375 g/mol. The van der Waals surface area contributed by atoms with Crippen molar-refractivity contribution >= 4 is 29.5 Å². The highest BCUT2D eigenvalue weighted by Gasteiger charge is 2.32. The van der Waals surface area contributed by atoms with Gasteiger partial charge < -0.3 is 9.52 Å². The van der Waals surface area contributed by atoms with E-state index < -0.39 is 12.0 Å². The predicted molar refractivity (Wildman–Crippen MR) is 91.7 cm³/mol. The second kappa shape index (κ2) is 6.90. The number of carboxylic acid groups (broad SMARTS) is 1. The molecule has 8 nitrogen and oxygen atoms in total. The number of tetrazole rings is 1. The van der Waals surface area contributed by atoms with Crippen LogP contribution in [0.1, 0.15) is 11.1 Å². The van der Waals surface area contributed by atoms with Gasteiger partial charge in [0.1, 0.15) is 17.2 Å². The van der Waals surface area contributed by atoms with E-state index in [2.05, 4.69) is 20.8 Å². The van der Waals surface area contributed by atoms with Crippen LogP contribution in [0.3, 0.4) is 0 Å². The molecule has 1 aliphatic rings. The lowest BCUT2D eigenvalue weighted by Gasteiger charge is -2.07. The fourth-order valence-electron chi connectivity index (χ4n) is 2.37. The Morgan fingerprint density at radius 2 is 2.16 bits per heavy atom. The van der Waals surface area contributed by atoms with Gasteiger partial charge in [-0.1, -0.05) is 18.2 Å². The van der Waals surface area contributed by atoms with E-state index in [0.29, 0.717) is 21.8 Å². The minimum absolute atomic E-state index is 0.166. The number of thioether (sulfide) groups is 1. The third-order valence-corrected chi connectivity index (χ3v) is 5.66. The second-order valence-corrected chi connectivity index (χ2v) is 7.35. The molecule has 10 heteroatoms. The standard InChI is InChI=1S/C15H13N5O3S2/c21-14(22)10-8-24-13(16-10)11-6-7-12(23-11)25-15-17-18-19-20(15)9-4-2-1-3-5-9/h1-7,10,13,16H,8H2,(H,21,22)/t10-,13+/m0/s1. The lowest BCUT2D eigenvalue weighted by molar-refractivity contribution is -0.138. The van der Waals surface area contributed by atoms with Gasteiger partial charge in [-0.15, -0.1) is 16.9 Å². The van der Waals surface area contributed by atoms with E-state index in [1.54, 1.807) is 4.68 Å². The fraction of sp³-hybridized carbons (Fsp3) is 0.200. The maximum atomic E-state index is 11.0. The first-order valence-electron chi connectivity index (χ1n) is 7.42. The van der Waals surface area contributed by atoms with Gasteiger partial charge >= 0.3 is 5.97 Å². The van der Waals surface area contributed by atoms with Crippen LogP contribution >= 0.6 is 23.5 Å². The highest BCUT2D eigenvalue weighted by Crippen LogP contribution is 2.37. The molecule has 1 aliphatic heterocycles. The zero-order valence-electron chi connectivity index (χ0n) is 12.8. The summed E-state index contributed by atoms with van der Waals surface area (Å²) in [7, 11) is 0. The number of carboxylic acids is 1. The van der Waals surface area contributed by atoms with Crippen molar-refractivity contribution in [1.29, 1.82) is 0 Å². The number of rotatable bonds is 5. The Labute approximate surface area is 151 Å². The van der Waals surface area contributed by atoms with Gasteiger partial charge in [0.25, 0.3) is 0 Å². The minimum atomic E-state index is -0.849. The molecule has 0 amide bonds. The highest BCUT2D eigenvalue weighted by atomic mass is 32.2. The molecular weight excluding hydrogens is 362 g/mol. The summed E-state index contributed by atoms with van der Waals surface area (Å²) in [5.74, 6) is 0.350. The molecule has 0 radical (unpaired) electrons. The number of hydrogen-bond donors (Lipinski definition) is 2. The van der Waals surface area contributed by atoms with Crippen LogP contribution in [0.2, 0.25) is 0 Å². The van der Waals surface area contributed by atoms with E-state index in [0.717, 1.165) is 5.69 Å². The van der Waals surface area contributed by atoms with Crippen molar-refractivity contribution < 1.29 is 14.3 Å². The molecule has 0 unspecified atom stereocenters. The lowest BCUT2D eigenvalue weighted by atomic mass is 10.3. The Balaban J connectivity index is 1.50. The van der Waals surface area contributed by atoms with Crippen molar-refractivity contribution in [3.05, 3.63) is 48.2 Å². The number of benzene rings is 1. The summed E-state index contributed by atoms with van der Waals surface area (Å²) in [4.78, 5) is 11.0. The first-order valence-corrected chi connectivity index (χ1v) is 9.29. The Kier molecular flexibility index (Phi) is 4.47. The number of para-hydroxylation sites is 1. The summed E-state index contributed by atoms with van der Waals surface area (Å²) in [5.41, 5.74) is 0.860. The molecule has 0 bridgehead atoms. The molecule has 0 spiro atoms. The average Bonchev–Trinajstić information content (AvgIpc) is 3.36. The van der Waals surface area contributed by atoms with Gasteiger partial charge in [0.2, 0.25) is 5.16 Å². The summed E-state index contributed by atoms with van der Waals surface area (Å²) in [6, 6.07) is 12.7. The molecule has 4 rings (SSSR count). The summed E-state index contributed by atoms with van der Waals surface area (Å²) >= 11 is 2.82. The van der Waals surface area contributed by atoms with Gasteiger partial charge in [0.05, 0.1) is 5.69 Å². The Morgan fingerprint density at radius 1 is 1.32 bits per heavy atom. The summed E-state index contributed by atoms with van der Waals surface area (Å²) in [6.07, 6.45) is 0. The number of aliphatic carboxylic acids is 1. The Hall–Kier alpha value is -2.30. The SMILES string of the molecule is O=C(O)[C@@H]1CS[C@H](c2ccc(Sc3nnnn3-c3ccccc3)o2)N1. The maximum Gasteiger partial charge on any atom is 0.321 e. The van der Waals surface area contributed by atoms with Crippen LogP contribution < -0.4 is 5.32 Å². The zero-order valence-corrected chi connectivity index (χ0v) is 14.4.